The fourth-order valence-corrected chi connectivity index (χ4v) is 2.81. The fraction of sp³-hybridized carbons (Fsp3) is 0.867. The van der Waals surface area contributed by atoms with Gasteiger partial charge in [-0.1, -0.05) is 26.7 Å². The molecule has 1 rings (SSSR count). The average Bonchev–Trinajstić information content (AvgIpc) is 2.46. The molecule has 6 nitrogen and oxygen atoms in total. The van der Waals surface area contributed by atoms with Gasteiger partial charge in [-0.3, -0.25) is 0 Å². The number of hydrogen-bond acceptors (Lipinski definition) is 3. The Hall–Kier alpha value is -1.30. The number of rotatable bonds is 7. The van der Waals surface area contributed by atoms with Gasteiger partial charge in [0.1, 0.15) is 6.61 Å². The number of likely N-dealkylation sites (tertiary alicyclic amines) is 1. The highest BCUT2D eigenvalue weighted by atomic mass is 16.5. The Morgan fingerprint density at radius 3 is 2.33 bits per heavy atom. The lowest BCUT2D eigenvalue weighted by molar-refractivity contribution is -0.145. The minimum atomic E-state index is -0.950. The van der Waals surface area contributed by atoms with Gasteiger partial charge in [-0.25, -0.2) is 9.59 Å². The number of nitrogens with zero attached hydrogens (tertiary/aromatic N) is 1. The third kappa shape index (κ3) is 5.91. The molecule has 0 aromatic heterocycles. The number of urea groups is 1. The number of carboxylic acids is 1. The molecule has 0 bridgehead atoms. The number of amides is 2. The van der Waals surface area contributed by atoms with Crippen molar-refractivity contribution in [2.24, 2.45) is 5.92 Å². The topological polar surface area (TPSA) is 78.9 Å². The number of carbonyl (C=O) groups excluding carboxylic acids is 1. The first-order valence-electron chi connectivity index (χ1n) is 7.86. The molecule has 1 heterocycles. The second-order valence-electron chi connectivity index (χ2n) is 5.71. The molecule has 2 N–H and O–H groups in total. The Balaban J connectivity index is 2.33. The first-order chi connectivity index (χ1) is 9.97. The summed E-state index contributed by atoms with van der Waals surface area (Å²) < 4.78 is 5.27. The molecule has 122 valence electrons. The first-order valence-corrected chi connectivity index (χ1v) is 7.86. The highest BCUT2D eigenvalue weighted by molar-refractivity contribution is 5.74. The van der Waals surface area contributed by atoms with Crippen LogP contribution in [0.5, 0.6) is 0 Å². The zero-order valence-electron chi connectivity index (χ0n) is 13.3. The summed E-state index contributed by atoms with van der Waals surface area (Å²) in [4.78, 5) is 24.4. The Morgan fingerprint density at radius 2 is 1.86 bits per heavy atom. The lowest BCUT2D eigenvalue weighted by atomic mass is 9.96. The molecule has 0 aromatic rings. The van der Waals surface area contributed by atoms with Crippen LogP contribution in [0.3, 0.4) is 0 Å². The van der Waals surface area contributed by atoms with Gasteiger partial charge in [-0.15, -0.1) is 0 Å². The van der Waals surface area contributed by atoms with Crippen molar-refractivity contribution in [3.8, 4) is 0 Å². The minimum Gasteiger partial charge on any atom is -0.480 e. The first kappa shape index (κ1) is 17.8. The van der Waals surface area contributed by atoms with E-state index in [2.05, 4.69) is 26.1 Å². The van der Waals surface area contributed by atoms with E-state index in [0.717, 1.165) is 12.8 Å². The highest BCUT2D eigenvalue weighted by Crippen LogP contribution is 2.16. The molecule has 0 spiro atoms. The van der Waals surface area contributed by atoms with E-state index in [-0.39, 0.29) is 24.8 Å². The molecule has 1 fully saturated rings. The molecule has 1 aliphatic rings. The van der Waals surface area contributed by atoms with Crippen LogP contribution in [-0.2, 0) is 9.53 Å². The molecule has 0 radical (unpaired) electrons. The zero-order chi connectivity index (χ0) is 15.8. The maximum absolute atomic E-state index is 12.2. The van der Waals surface area contributed by atoms with Crippen LogP contribution in [0, 0.1) is 5.92 Å². The van der Waals surface area contributed by atoms with Crippen LogP contribution in [0.15, 0.2) is 0 Å². The maximum atomic E-state index is 12.2. The van der Waals surface area contributed by atoms with E-state index in [1.54, 1.807) is 4.90 Å². The van der Waals surface area contributed by atoms with Crippen LogP contribution in [0.4, 0.5) is 4.79 Å². The van der Waals surface area contributed by atoms with E-state index in [4.69, 9.17) is 9.84 Å². The maximum Gasteiger partial charge on any atom is 0.329 e. The number of carbonyl (C=O) groups is 2. The van der Waals surface area contributed by atoms with E-state index in [0.29, 0.717) is 31.8 Å². The summed E-state index contributed by atoms with van der Waals surface area (Å²) in [7, 11) is 0. The number of aliphatic carboxylic acids is 1. The molecule has 1 atom stereocenters. The summed E-state index contributed by atoms with van der Waals surface area (Å²) in [6.45, 7) is 7.31. The SMILES string of the molecule is CCC(CC)C(C)NC(=O)N1CCC(OCC(=O)O)CC1. The molecule has 6 heteroatoms. The smallest absolute Gasteiger partial charge is 0.329 e. The molecule has 1 aliphatic heterocycles. The molecule has 0 saturated carbocycles. The number of carboxylic acid groups (broad SMARTS) is 1. The van der Waals surface area contributed by atoms with Crippen LogP contribution in [0.2, 0.25) is 0 Å². The van der Waals surface area contributed by atoms with Gasteiger partial charge in [-0.05, 0) is 25.7 Å². The van der Waals surface area contributed by atoms with Crippen LogP contribution >= 0.6 is 0 Å². The van der Waals surface area contributed by atoms with Crippen molar-refractivity contribution in [1.29, 1.82) is 0 Å². The molecule has 0 aromatic carbocycles. The van der Waals surface area contributed by atoms with Gasteiger partial charge in [-0.2, -0.15) is 0 Å². The van der Waals surface area contributed by atoms with Crippen molar-refractivity contribution in [1.82, 2.24) is 10.2 Å². The lowest BCUT2D eigenvalue weighted by Gasteiger charge is -2.33. The van der Waals surface area contributed by atoms with E-state index in [1.165, 1.54) is 0 Å². The summed E-state index contributed by atoms with van der Waals surface area (Å²) in [5.74, 6) is -0.445. The Bertz CT molecular complexity index is 337. The molecular formula is C15H28N2O4. The molecule has 1 unspecified atom stereocenters. The number of piperidine rings is 1. The molecule has 0 aliphatic carbocycles. The molecule has 1 saturated heterocycles. The third-order valence-corrected chi connectivity index (χ3v) is 4.28. The molecule has 2 amide bonds. The van der Waals surface area contributed by atoms with E-state index in [9.17, 15) is 9.59 Å². The standard InChI is InChI=1S/C15H28N2O4/c1-4-12(5-2)11(3)16-15(20)17-8-6-13(7-9-17)21-10-14(18)19/h11-13H,4-10H2,1-3H3,(H,16,20)(H,18,19). The van der Waals surface area contributed by atoms with Gasteiger partial charge >= 0.3 is 12.0 Å². The summed E-state index contributed by atoms with van der Waals surface area (Å²) in [6.07, 6.45) is 3.45. The van der Waals surface area contributed by atoms with Crippen molar-refractivity contribution in [3.05, 3.63) is 0 Å². The Kier molecular flexibility index (Phi) is 7.50. The van der Waals surface area contributed by atoms with Gasteiger partial charge < -0.3 is 20.1 Å². The predicted molar refractivity (Wildman–Crippen MR) is 80.2 cm³/mol. The van der Waals surface area contributed by atoms with Crippen LogP contribution < -0.4 is 5.32 Å². The number of nitrogens with one attached hydrogen (secondary N) is 1. The normalized spacial score (nSPS) is 17.8. The fourth-order valence-electron chi connectivity index (χ4n) is 2.81. The van der Waals surface area contributed by atoms with E-state index < -0.39 is 5.97 Å². The van der Waals surface area contributed by atoms with Crippen LogP contribution in [0.25, 0.3) is 0 Å². The van der Waals surface area contributed by atoms with E-state index in [1.807, 2.05) is 0 Å². The quantitative estimate of drug-likeness (QED) is 0.754. The second kappa shape index (κ2) is 8.87. The summed E-state index contributed by atoms with van der Waals surface area (Å²) in [5.41, 5.74) is 0. The predicted octanol–water partition coefficient (Wildman–Crippen LogP) is 2.09. The van der Waals surface area contributed by atoms with Gasteiger partial charge in [0.25, 0.3) is 0 Å². The Morgan fingerprint density at radius 1 is 1.29 bits per heavy atom. The summed E-state index contributed by atoms with van der Waals surface area (Å²) in [6, 6.07) is 0.152. The van der Waals surface area contributed by atoms with Crippen molar-refractivity contribution >= 4 is 12.0 Å². The van der Waals surface area contributed by atoms with Crippen molar-refractivity contribution < 1.29 is 19.4 Å². The highest BCUT2D eigenvalue weighted by Gasteiger charge is 2.25. The minimum absolute atomic E-state index is 0.0221. The zero-order valence-corrected chi connectivity index (χ0v) is 13.3. The number of ether oxygens (including phenoxy) is 1. The monoisotopic (exact) mass is 300 g/mol. The third-order valence-electron chi connectivity index (χ3n) is 4.28. The van der Waals surface area contributed by atoms with Gasteiger partial charge in [0, 0.05) is 19.1 Å². The van der Waals surface area contributed by atoms with Gasteiger partial charge in [0.05, 0.1) is 6.10 Å². The average molecular weight is 300 g/mol. The Labute approximate surface area is 126 Å². The summed E-state index contributed by atoms with van der Waals surface area (Å²) in [5, 5.41) is 11.7. The molecular weight excluding hydrogens is 272 g/mol. The largest absolute Gasteiger partial charge is 0.480 e. The van der Waals surface area contributed by atoms with Gasteiger partial charge in [0.15, 0.2) is 0 Å². The molecule has 21 heavy (non-hydrogen) atoms. The van der Waals surface area contributed by atoms with Crippen molar-refractivity contribution in [2.45, 2.75) is 58.6 Å². The summed E-state index contributed by atoms with van der Waals surface area (Å²) >= 11 is 0. The van der Waals surface area contributed by atoms with Crippen molar-refractivity contribution in [3.63, 3.8) is 0 Å². The number of hydrogen-bond donors (Lipinski definition) is 2. The van der Waals surface area contributed by atoms with Crippen molar-refractivity contribution in [2.75, 3.05) is 19.7 Å². The van der Waals surface area contributed by atoms with Crippen LogP contribution in [0.1, 0.15) is 46.5 Å². The second-order valence-corrected chi connectivity index (χ2v) is 5.71. The van der Waals surface area contributed by atoms with E-state index >= 15 is 0 Å². The lowest BCUT2D eigenvalue weighted by Crippen LogP contribution is -2.49. The van der Waals surface area contributed by atoms with Gasteiger partial charge in [0.2, 0.25) is 0 Å². The van der Waals surface area contributed by atoms with Crippen LogP contribution in [-0.4, -0.2) is 53.8 Å².